The number of carbonyl (C=O) groups excluding carboxylic acids is 1. The first-order chi connectivity index (χ1) is 8.60. The number of aromatic hydroxyl groups is 2. The Hall–Kier alpha value is -1.34. The third kappa shape index (κ3) is 3.85. The quantitative estimate of drug-likeness (QED) is 0.425. The van der Waals surface area contributed by atoms with Crippen molar-refractivity contribution in [2.24, 2.45) is 0 Å². The molecule has 0 radical (unpaired) electrons. The summed E-state index contributed by atoms with van der Waals surface area (Å²) in [6.45, 7) is 1.53. The van der Waals surface area contributed by atoms with Crippen LogP contribution in [-0.4, -0.2) is 47.1 Å². The molecule has 0 spiro atoms. The fourth-order valence-electron chi connectivity index (χ4n) is 1.50. The van der Waals surface area contributed by atoms with E-state index in [4.69, 9.17) is 0 Å². The number of rotatable bonds is 7. The number of amides is 1. The van der Waals surface area contributed by atoms with Crippen molar-refractivity contribution < 1.29 is 15.0 Å². The first kappa shape index (κ1) is 14.7. The van der Waals surface area contributed by atoms with Gasteiger partial charge in [-0.05, 0) is 13.3 Å². The maximum atomic E-state index is 11.5. The van der Waals surface area contributed by atoms with E-state index in [9.17, 15) is 15.0 Å². The molecular weight excluding hydrogens is 254 g/mol. The van der Waals surface area contributed by atoms with Gasteiger partial charge in [0, 0.05) is 32.1 Å². The summed E-state index contributed by atoms with van der Waals surface area (Å²) >= 11 is 1.34. The second kappa shape index (κ2) is 7.17. The van der Waals surface area contributed by atoms with Crippen molar-refractivity contribution in [1.29, 1.82) is 0 Å². The molecule has 0 aliphatic rings. The summed E-state index contributed by atoms with van der Waals surface area (Å²) < 4.78 is 1.32. The van der Waals surface area contributed by atoms with Crippen molar-refractivity contribution >= 4 is 17.7 Å². The molecule has 0 bridgehead atoms. The molecule has 6 nitrogen and oxygen atoms in total. The Kier molecular flexibility index (Phi) is 5.87. The predicted octanol–water partition coefficient (Wildman–Crippen LogP) is 0.347. The Balaban J connectivity index is 2.48. The molecule has 0 unspecified atom stereocenters. The molecule has 0 saturated heterocycles. The van der Waals surface area contributed by atoms with Gasteiger partial charge in [0.2, 0.25) is 11.8 Å². The Labute approximate surface area is 110 Å². The van der Waals surface area contributed by atoms with Crippen LogP contribution in [0.5, 0.6) is 11.8 Å². The van der Waals surface area contributed by atoms with Crippen LogP contribution >= 0.6 is 11.8 Å². The number of likely N-dealkylation sites (N-methyl/N-ethyl adjacent to an activating group) is 1. The van der Waals surface area contributed by atoms with Crippen LogP contribution in [0, 0.1) is 0 Å². The summed E-state index contributed by atoms with van der Waals surface area (Å²) in [6, 6.07) is 1.49. The number of hydrogen-bond acceptors (Lipinski definition) is 5. The fraction of sp³-hybridized carbons (Fsp3) is 0.545. The highest BCUT2D eigenvalue weighted by Crippen LogP contribution is 2.33. The Bertz CT molecular complexity index is 406. The van der Waals surface area contributed by atoms with Gasteiger partial charge in [0.1, 0.15) is 0 Å². The van der Waals surface area contributed by atoms with Gasteiger partial charge in [-0.2, -0.15) is 0 Å². The number of hydrogen-bond donors (Lipinski definition) is 4. The van der Waals surface area contributed by atoms with Crippen LogP contribution in [-0.2, 0) is 11.3 Å². The van der Waals surface area contributed by atoms with Gasteiger partial charge >= 0.3 is 0 Å². The third-order valence-electron chi connectivity index (χ3n) is 2.49. The van der Waals surface area contributed by atoms with Gasteiger partial charge < -0.3 is 20.8 Å². The molecule has 1 aromatic rings. The average Bonchev–Trinajstić information content (AvgIpc) is 2.62. The summed E-state index contributed by atoms with van der Waals surface area (Å²) in [7, 11) is 1.81. The van der Waals surface area contributed by atoms with Crippen LogP contribution in [0.2, 0.25) is 0 Å². The lowest BCUT2D eigenvalue weighted by Crippen LogP contribution is -2.30. The second-order valence-corrected chi connectivity index (χ2v) is 4.60. The van der Waals surface area contributed by atoms with E-state index in [2.05, 4.69) is 10.6 Å². The van der Waals surface area contributed by atoms with E-state index in [1.54, 1.807) is 0 Å². The van der Waals surface area contributed by atoms with E-state index in [0.29, 0.717) is 18.0 Å². The van der Waals surface area contributed by atoms with Crippen molar-refractivity contribution in [3.63, 3.8) is 0 Å². The van der Waals surface area contributed by atoms with Crippen LogP contribution in [0.1, 0.15) is 6.42 Å². The molecule has 1 aromatic heterocycles. The number of thioether (sulfide) groups is 1. The third-order valence-corrected chi connectivity index (χ3v) is 3.23. The van der Waals surface area contributed by atoms with Gasteiger partial charge in [-0.1, -0.05) is 0 Å². The van der Waals surface area contributed by atoms with Gasteiger partial charge in [-0.25, -0.2) is 0 Å². The summed E-state index contributed by atoms with van der Waals surface area (Å²) in [6.07, 6.45) is 2.02. The summed E-state index contributed by atoms with van der Waals surface area (Å²) in [5.74, 6) is -0.133. The zero-order valence-corrected chi connectivity index (χ0v) is 11.4. The van der Waals surface area contributed by atoms with Crippen LogP contribution in [0.25, 0.3) is 0 Å². The molecule has 1 rings (SSSR count). The van der Waals surface area contributed by atoms with Crippen LogP contribution in [0.4, 0.5) is 0 Å². The van der Waals surface area contributed by atoms with Gasteiger partial charge in [0.25, 0.3) is 0 Å². The van der Waals surface area contributed by atoms with Crippen molar-refractivity contribution in [2.45, 2.75) is 17.9 Å². The van der Waals surface area contributed by atoms with E-state index in [1.807, 2.05) is 13.3 Å². The van der Waals surface area contributed by atoms with Crippen LogP contribution < -0.4 is 10.6 Å². The Morgan fingerprint density at radius 1 is 1.44 bits per heavy atom. The zero-order valence-electron chi connectivity index (χ0n) is 10.6. The first-order valence-corrected chi connectivity index (χ1v) is 6.89. The minimum atomic E-state index is -0.108. The lowest BCUT2D eigenvalue weighted by Gasteiger charge is -2.08. The van der Waals surface area contributed by atoms with E-state index < -0.39 is 0 Å². The monoisotopic (exact) mass is 273 g/mol. The molecule has 0 saturated carbocycles. The van der Waals surface area contributed by atoms with E-state index >= 15 is 0 Å². The summed E-state index contributed by atoms with van der Waals surface area (Å²) in [5.41, 5.74) is 0. The van der Waals surface area contributed by atoms with Crippen LogP contribution in [0.15, 0.2) is 11.0 Å². The van der Waals surface area contributed by atoms with Crippen molar-refractivity contribution in [1.82, 2.24) is 15.2 Å². The lowest BCUT2D eigenvalue weighted by molar-refractivity contribution is -0.121. The molecule has 102 valence electrons. The fourth-order valence-corrected chi connectivity index (χ4v) is 2.02. The maximum Gasteiger partial charge on any atom is 0.221 e. The molecule has 0 aromatic carbocycles. The van der Waals surface area contributed by atoms with Gasteiger partial charge in [-0.15, -0.1) is 11.8 Å². The zero-order chi connectivity index (χ0) is 13.5. The number of aromatic nitrogens is 1. The molecule has 18 heavy (non-hydrogen) atoms. The van der Waals surface area contributed by atoms with Gasteiger partial charge in [0.15, 0.2) is 5.88 Å². The van der Waals surface area contributed by atoms with E-state index in [0.717, 1.165) is 0 Å². The molecule has 1 amide bonds. The second-order valence-electron chi connectivity index (χ2n) is 3.75. The number of nitrogens with one attached hydrogen (secondary N) is 2. The molecular formula is C11H19N3O3S. The lowest BCUT2D eigenvalue weighted by atomic mass is 10.4. The highest BCUT2D eigenvalue weighted by atomic mass is 32.2. The molecule has 7 heteroatoms. The number of carbonyl (C=O) groups is 1. The van der Waals surface area contributed by atoms with Crippen molar-refractivity contribution in [3.05, 3.63) is 6.07 Å². The molecule has 4 N–H and O–H groups in total. The molecule has 0 aliphatic heterocycles. The van der Waals surface area contributed by atoms with Crippen LogP contribution in [0.3, 0.4) is 0 Å². The SMILES string of the molecule is CNCCNC(=O)CCn1c(O)cc(SC)c1O. The van der Waals surface area contributed by atoms with Gasteiger partial charge in [0.05, 0.1) is 4.90 Å². The minimum Gasteiger partial charge on any atom is -0.494 e. The Morgan fingerprint density at radius 2 is 2.17 bits per heavy atom. The highest BCUT2D eigenvalue weighted by molar-refractivity contribution is 7.98. The summed E-state index contributed by atoms with van der Waals surface area (Å²) in [4.78, 5) is 12.1. The van der Waals surface area contributed by atoms with Crippen molar-refractivity contribution in [3.8, 4) is 11.8 Å². The Morgan fingerprint density at radius 3 is 2.72 bits per heavy atom. The van der Waals surface area contributed by atoms with E-state index in [-0.39, 0.29) is 30.6 Å². The average molecular weight is 273 g/mol. The van der Waals surface area contributed by atoms with E-state index in [1.165, 1.54) is 22.4 Å². The number of nitrogens with zero attached hydrogens (tertiary/aromatic N) is 1. The highest BCUT2D eigenvalue weighted by Gasteiger charge is 2.13. The summed E-state index contributed by atoms with van der Waals surface area (Å²) in [5, 5.41) is 25.0. The topological polar surface area (TPSA) is 86.5 Å². The molecule has 0 atom stereocenters. The standard InChI is InChI=1S/C11H19N3O3S/c1-12-4-5-13-9(15)3-6-14-10(16)7-8(18-2)11(14)17/h7,12,16-17H,3-6H2,1-2H3,(H,13,15). The first-order valence-electron chi connectivity index (χ1n) is 5.67. The smallest absolute Gasteiger partial charge is 0.221 e. The van der Waals surface area contributed by atoms with Gasteiger partial charge in [-0.3, -0.25) is 9.36 Å². The normalized spacial score (nSPS) is 10.6. The maximum absolute atomic E-state index is 11.5. The molecule has 0 aliphatic carbocycles. The molecule has 0 fully saturated rings. The minimum absolute atomic E-state index is 0.00280. The molecule has 1 heterocycles. The predicted molar refractivity (Wildman–Crippen MR) is 71.1 cm³/mol. The van der Waals surface area contributed by atoms with Crippen molar-refractivity contribution in [2.75, 3.05) is 26.4 Å². The largest absolute Gasteiger partial charge is 0.494 e.